The maximum Gasteiger partial charge on any atom is 0.303 e. The molecule has 2 unspecified atom stereocenters. The minimum Gasteiger partial charge on any atom is -0.481 e. The molecule has 0 saturated heterocycles. The van der Waals surface area contributed by atoms with E-state index in [2.05, 4.69) is 28.6 Å². The fourth-order valence-electron chi connectivity index (χ4n) is 8.29. The van der Waals surface area contributed by atoms with Crippen LogP contribution in [0.2, 0.25) is 0 Å². The van der Waals surface area contributed by atoms with Gasteiger partial charge < -0.3 is 24.8 Å². The second kappa shape index (κ2) is 22.1. The van der Waals surface area contributed by atoms with Gasteiger partial charge in [-0.3, -0.25) is 18.7 Å². The molecule has 61 heavy (non-hydrogen) atoms. The molecule has 2 aromatic rings. The Hall–Kier alpha value is -4.45. The van der Waals surface area contributed by atoms with Crippen molar-refractivity contribution in [3.63, 3.8) is 0 Å². The Morgan fingerprint density at radius 1 is 0.836 bits per heavy atom. The maximum atomic E-state index is 13.2. The third kappa shape index (κ3) is 12.8. The van der Waals surface area contributed by atoms with Crippen molar-refractivity contribution in [1.29, 1.82) is 0 Å². The third-order valence-electron chi connectivity index (χ3n) is 11.5. The lowest BCUT2D eigenvalue weighted by molar-refractivity contribution is -0.438. The topological polar surface area (TPSA) is 200 Å². The van der Waals surface area contributed by atoms with Gasteiger partial charge in [-0.2, -0.15) is 21.4 Å². The normalized spacial score (nSPS) is 19.9. The number of benzene rings is 2. The average Bonchev–Trinajstić information content (AvgIpc) is 3.57. The van der Waals surface area contributed by atoms with Crippen LogP contribution in [0.4, 0.5) is 11.4 Å². The van der Waals surface area contributed by atoms with Gasteiger partial charge >= 0.3 is 5.97 Å². The van der Waals surface area contributed by atoms with Crippen molar-refractivity contribution < 1.29 is 54.7 Å². The van der Waals surface area contributed by atoms with E-state index < -0.39 is 42.8 Å². The highest BCUT2D eigenvalue weighted by molar-refractivity contribution is 7.86. The maximum absolute atomic E-state index is 13.2. The van der Waals surface area contributed by atoms with E-state index in [9.17, 15) is 35.5 Å². The standard InChI is InChI=1S/C45H61N3O11S2/c1-6-7-24-44(2)37-33-35(61(55,56)57)21-23-39(37)48(28-30-59-5)41(44)18-13-10-8-9-12-17-40-45(3,25-16-31-60(52,53)54)36-32-34(43(51)46-26-29-58-4)20-22-38(36)47(40)27-15-11-14-19-42(49)50/h8-10,12-13,17-18,20-23,32-33H,6-7,11,14-16,19,24-31H2,1-5H3,(H3-,46,49,50,51,52,53,54,55,56,57)/p+1. The number of anilines is 1. The first-order chi connectivity index (χ1) is 28.9. The Bertz CT molecular complexity index is 2260. The lowest BCUT2D eigenvalue weighted by atomic mass is 9.75. The minimum absolute atomic E-state index is 0.0714. The Labute approximate surface area is 361 Å². The van der Waals surface area contributed by atoms with Gasteiger partial charge in [0.2, 0.25) is 5.69 Å². The molecule has 1 amide bonds. The molecule has 2 aliphatic rings. The van der Waals surface area contributed by atoms with Crippen molar-refractivity contribution in [2.24, 2.45) is 0 Å². The number of fused-ring (bicyclic) bond motifs is 2. The molecule has 4 rings (SSSR count). The number of carboxylic acid groups (broad SMARTS) is 1. The first-order valence-electron chi connectivity index (χ1n) is 20.8. The molecule has 14 nitrogen and oxygen atoms in total. The van der Waals surface area contributed by atoms with Crippen LogP contribution in [-0.4, -0.2) is 106 Å². The van der Waals surface area contributed by atoms with E-state index in [0.29, 0.717) is 64.1 Å². The van der Waals surface area contributed by atoms with Crippen LogP contribution in [0.25, 0.3) is 0 Å². The molecule has 0 radical (unpaired) electrons. The number of rotatable bonds is 25. The predicted octanol–water partition coefficient (Wildman–Crippen LogP) is 7.15. The molecule has 0 saturated carbocycles. The van der Waals surface area contributed by atoms with Gasteiger partial charge in [0.25, 0.3) is 26.1 Å². The van der Waals surface area contributed by atoms with Gasteiger partial charge in [0.15, 0.2) is 5.71 Å². The van der Waals surface area contributed by atoms with Crippen LogP contribution in [0.15, 0.2) is 89.5 Å². The Morgan fingerprint density at radius 2 is 1.54 bits per heavy atom. The number of carboxylic acids is 1. The number of nitrogens with zero attached hydrogens (tertiary/aromatic N) is 2. The fraction of sp³-hybridized carbons (Fsp3) is 0.489. The number of hydrogen-bond donors (Lipinski definition) is 4. The highest BCUT2D eigenvalue weighted by Crippen LogP contribution is 2.51. The van der Waals surface area contributed by atoms with Gasteiger partial charge in [0.05, 0.1) is 29.3 Å². The lowest BCUT2D eigenvalue weighted by Gasteiger charge is -2.30. The second-order valence-corrected chi connectivity index (χ2v) is 18.9. The number of allylic oxidation sites excluding steroid dienone is 8. The number of carbonyl (C=O) groups is 2. The summed E-state index contributed by atoms with van der Waals surface area (Å²) in [4.78, 5) is 26.3. The molecular weight excluding hydrogens is 823 g/mol. The highest BCUT2D eigenvalue weighted by Gasteiger charge is 2.48. The Morgan fingerprint density at radius 3 is 2.21 bits per heavy atom. The molecule has 16 heteroatoms. The van der Waals surface area contributed by atoms with Crippen LogP contribution in [0.5, 0.6) is 0 Å². The molecular formula is C45H62N3O11S2+. The van der Waals surface area contributed by atoms with Crippen LogP contribution in [-0.2, 0) is 45.3 Å². The lowest BCUT2D eigenvalue weighted by Crippen LogP contribution is -2.32. The van der Waals surface area contributed by atoms with Crippen molar-refractivity contribution >= 4 is 49.2 Å². The van der Waals surface area contributed by atoms with Gasteiger partial charge in [-0.05, 0) is 87.9 Å². The first kappa shape index (κ1) is 49.2. The zero-order chi connectivity index (χ0) is 44.8. The van der Waals surface area contributed by atoms with Crippen molar-refractivity contribution in [3.05, 3.63) is 101 Å². The summed E-state index contributed by atoms with van der Waals surface area (Å²) in [6.07, 6.45) is 18.6. The van der Waals surface area contributed by atoms with Crippen molar-refractivity contribution in [3.8, 4) is 0 Å². The van der Waals surface area contributed by atoms with Gasteiger partial charge in [-0.25, -0.2) is 0 Å². The molecule has 0 spiro atoms. The Kier molecular flexibility index (Phi) is 17.8. The molecule has 2 aliphatic heterocycles. The van der Waals surface area contributed by atoms with E-state index in [1.54, 1.807) is 32.4 Å². The average molecular weight is 885 g/mol. The summed E-state index contributed by atoms with van der Waals surface area (Å²) in [5.41, 5.74) is 4.39. The van der Waals surface area contributed by atoms with Crippen LogP contribution in [0.1, 0.15) is 100 Å². The van der Waals surface area contributed by atoms with Crippen molar-refractivity contribution in [2.75, 3.05) is 57.7 Å². The number of ether oxygens (including phenoxy) is 2. The molecule has 0 fully saturated rings. The molecule has 2 heterocycles. The quantitative estimate of drug-likeness (QED) is 0.0341. The molecule has 334 valence electrons. The first-order valence-corrected chi connectivity index (χ1v) is 23.8. The van der Waals surface area contributed by atoms with Gasteiger partial charge in [-0.15, -0.1) is 0 Å². The Balaban J connectivity index is 1.71. The predicted molar refractivity (Wildman–Crippen MR) is 237 cm³/mol. The number of methoxy groups -OCH3 is 2. The van der Waals surface area contributed by atoms with Crippen LogP contribution in [0.3, 0.4) is 0 Å². The molecule has 2 atom stereocenters. The van der Waals surface area contributed by atoms with Crippen LogP contribution >= 0.6 is 0 Å². The SMILES string of the molecule is CCCCC1(C)\C(=C/C=C/C=C/C=C/C2=[N+](CCCCCC(=O)O)c3ccc(C(=O)NCCOC)cc3C2(C)CCCS(=O)(=O)O)N(CCOC)c2ccc(S(=O)(=O)O)cc21. The van der Waals surface area contributed by atoms with Crippen LogP contribution < -0.4 is 10.2 Å². The van der Waals surface area contributed by atoms with Crippen LogP contribution in [0, 0.1) is 0 Å². The fourth-order valence-corrected chi connectivity index (χ4v) is 9.31. The third-order valence-corrected chi connectivity index (χ3v) is 13.1. The summed E-state index contributed by atoms with van der Waals surface area (Å²) in [6, 6.07) is 10.2. The van der Waals surface area contributed by atoms with E-state index in [-0.39, 0.29) is 23.6 Å². The largest absolute Gasteiger partial charge is 0.481 e. The molecule has 0 aromatic heterocycles. The van der Waals surface area contributed by atoms with E-state index in [4.69, 9.17) is 14.6 Å². The van der Waals surface area contributed by atoms with Crippen molar-refractivity contribution in [1.82, 2.24) is 5.32 Å². The minimum atomic E-state index is -4.41. The van der Waals surface area contributed by atoms with E-state index in [0.717, 1.165) is 53.2 Å². The highest BCUT2D eigenvalue weighted by atomic mass is 32.2. The summed E-state index contributed by atoms with van der Waals surface area (Å²) in [5, 5.41) is 12.0. The number of amides is 1. The number of aliphatic carboxylic acids is 1. The van der Waals surface area contributed by atoms with Gasteiger partial charge in [-0.1, -0.05) is 50.1 Å². The number of hydrogen-bond acceptors (Lipinski definition) is 9. The van der Waals surface area contributed by atoms with Crippen molar-refractivity contribution in [2.45, 2.75) is 94.3 Å². The van der Waals surface area contributed by atoms with E-state index in [1.165, 1.54) is 6.07 Å². The van der Waals surface area contributed by atoms with E-state index >= 15 is 0 Å². The summed E-state index contributed by atoms with van der Waals surface area (Å²) in [6.45, 7) is 8.41. The van der Waals surface area contributed by atoms with Gasteiger partial charge in [0, 0.05) is 80.2 Å². The summed E-state index contributed by atoms with van der Waals surface area (Å²) in [5.74, 6) is -1.54. The monoisotopic (exact) mass is 884 g/mol. The number of unbranched alkanes of at least 4 members (excludes halogenated alkanes) is 3. The number of carbonyl (C=O) groups excluding carboxylic acids is 1. The second-order valence-electron chi connectivity index (χ2n) is 15.9. The summed E-state index contributed by atoms with van der Waals surface area (Å²) < 4.78 is 80.1. The zero-order valence-electron chi connectivity index (χ0n) is 35.9. The summed E-state index contributed by atoms with van der Waals surface area (Å²) >= 11 is 0. The number of nitrogens with one attached hydrogen (secondary N) is 1. The smallest absolute Gasteiger partial charge is 0.303 e. The molecule has 0 aliphatic carbocycles. The molecule has 0 bridgehead atoms. The van der Waals surface area contributed by atoms with E-state index in [1.807, 2.05) is 61.6 Å². The van der Waals surface area contributed by atoms with Gasteiger partial charge in [0.1, 0.15) is 6.54 Å². The molecule has 2 aromatic carbocycles. The zero-order valence-corrected chi connectivity index (χ0v) is 37.6. The molecule has 4 N–H and O–H groups in total. The summed E-state index contributed by atoms with van der Waals surface area (Å²) in [7, 11) is -5.46.